The van der Waals surface area contributed by atoms with Crippen LogP contribution in [0.15, 0.2) is 0 Å². The second kappa shape index (κ2) is 77.8. The first-order valence-electron chi connectivity index (χ1n) is 0. The van der Waals surface area contributed by atoms with Crippen molar-refractivity contribution in [1.82, 2.24) is 0 Å². The van der Waals surface area contributed by atoms with Gasteiger partial charge in [0.2, 0.25) is 0 Å². The molecule has 0 rings (SSSR count). The van der Waals surface area contributed by atoms with Gasteiger partial charge in [-0.15, -0.1) is 0 Å². The third kappa shape index (κ3) is 56.3. The molecule has 0 bridgehead atoms. The molecule has 0 atom stereocenters. The summed E-state index contributed by atoms with van der Waals surface area (Å²) in [7, 11) is 0. The van der Waals surface area contributed by atoms with Crippen LogP contribution in [-0.2, 0) is 37.1 Å². The molecular weight excluding hydrogens is 448 g/mol. The minimum absolute atomic E-state index is 0. The van der Waals surface area contributed by atoms with Crippen LogP contribution in [0.2, 0.25) is 0 Å². The summed E-state index contributed by atoms with van der Waals surface area (Å²) in [6.45, 7) is 0. The van der Waals surface area contributed by atoms with Gasteiger partial charge in [-0.2, -0.15) is 0 Å². The van der Waals surface area contributed by atoms with Crippen molar-refractivity contribution in [2.45, 2.75) is 0 Å². The van der Waals surface area contributed by atoms with E-state index in [9.17, 15) is 0 Å². The second-order valence-corrected chi connectivity index (χ2v) is 0. The van der Waals surface area contributed by atoms with Crippen molar-refractivity contribution in [2.24, 2.45) is 0 Å². The Bertz CT molecular complexity index is 12.5. The summed E-state index contributed by atoms with van der Waals surface area (Å²) < 4.78 is 0. The molecule has 0 nitrogen and oxygen atoms in total. The zero-order chi connectivity index (χ0) is 0. The third-order valence-electron chi connectivity index (χ3n) is 0. The fraction of sp³-hybridized carbons (Fsp3) is 0. The Labute approximate surface area is 123 Å². The van der Waals surface area contributed by atoms with Crippen LogP contribution in [-0.4, -0.2) is 0 Å². The van der Waals surface area contributed by atoms with E-state index in [1.54, 1.807) is 0 Å². The molecule has 0 fully saturated rings. The average Bonchev–Trinajstić information content (AvgIpc) is 0. The van der Waals surface area contributed by atoms with Crippen LogP contribution in [0.1, 0.15) is 0 Å². The fourth-order valence-electron chi connectivity index (χ4n) is 0. The van der Waals surface area contributed by atoms with Crippen molar-refractivity contribution in [3.8, 4) is 0 Å². The van der Waals surface area contributed by atoms with Crippen LogP contribution in [0, 0.1) is 0 Å². The molecule has 58 valence electrons. The molecule has 8 heteroatoms. The van der Waals surface area contributed by atoms with E-state index in [0.29, 0.717) is 0 Å². The molecule has 0 aromatic carbocycles. The van der Waals surface area contributed by atoms with Gasteiger partial charge in [-0.1, -0.05) is 0 Å². The maximum Gasteiger partial charge on any atom is 0 e. The molecule has 0 saturated carbocycles. The normalized spacial score (nSPS) is 0. The molecule has 0 N–H and O–H groups in total. The van der Waals surface area contributed by atoms with Crippen LogP contribution < -0.4 is 88.2 Å². The standard InChI is InChI=1S/3BrH.3ClH.2V/h6*1H;;/p-6. The predicted molar refractivity (Wildman–Crippen MR) is 0 cm³/mol. The molecular formula is Br3Cl3V2-6. The van der Waals surface area contributed by atoms with Crippen molar-refractivity contribution in [1.29, 1.82) is 0 Å². The van der Waals surface area contributed by atoms with Gasteiger partial charge in [0.05, 0.1) is 0 Å². The first-order valence-corrected chi connectivity index (χ1v) is 0. The van der Waals surface area contributed by atoms with E-state index in [0.717, 1.165) is 0 Å². The number of rotatable bonds is 0. The van der Waals surface area contributed by atoms with Crippen molar-refractivity contribution < 1.29 is 125 Å². The molecule has 2 radical (unpaired) electrons. The van der Waals surface area contributed by atoms with E-state index in [4.69, 9.17) is 0 Å². The molecule has 0 spiro atoms. The SMILES string of the molecule is [Br-].[Br-].[Br-].[Cl-].[Cl-].[Cl-].[V].[V]. The quantitative estimate of drug-likeness (QED) is 0.346. The number of halogens is 6. The molecule has 0 unspecified atom stereocenters. The fourth-order valence-corrected chi connectivity index (χ4v) is 0. The van der Waals surface area contributed by atoms with Gasteiger partial charge in [0.25, 0.3) is 0 Å². The van der Waals surface area contributed by atoms with Gasteiger partial charge in [-0.25, -0.2) is 0 Å². The van der Waals surface area contributed by atoms with E-state index in [-0.39, 0.29) is 125 Å². The van der Waals surface area contributed by atoms with E-state index in [1.807, 2.05) is 0 Å². The maximum absolute atomic E-state index is 0. The summed E-state index contributed by atoms with van der Waals surface area (Å²) in [5.41, 5.74) is 0. The minimum atomic E-state index is 0. The van der Waals surface area contributed by atoms with Crippen LogP contribution in [0.3, 0.4) is 0 Å². The van der Waals surface area contributed by atoms with Crippen LogP contribution >= 0.6 is 0 Å². The summed E-state index contributed by atoms with van der Waals surface area (Å²) in [5.74, 6) is 0. The zero-order valence-corrected chi connectivity index (χ0v) is 13.0. The van der Waals surface area contributed by atoms with Crippen LogP contribution in [0.5, 0.6) is 0 Å². The smallest absolute Gasteiger partial charge is 0 e. The Balaban J connectivity index is 0. The van der Waals surface area contributed by atoms with Crippen molar-refractivity contribution in [3.63, 3.8) is 0 Å². The van der Waals surface area contributed by atoms with Gasteiger partial charge in [0.15, 0.2) is 0 Å². The Kier molecular flexibility index (Phi) is 1010. The maximum atomic E-state index is 0. The Morgan fingerprint density at radius 3 is 0.375 bits per heavy atom. The number of hydrogen-bond donors (Lipinski definition) is 0. The molecule has 0 heterocycles. The number of hydrogen-bond acceptors (Lipinski definition) is 0. The van der Waals surface area contributed by atoms with E-state index < -0.39 is 0 Å². The molecule has 0 aromatic rings. The first-order chi connectivity index (χ1) is 0. The van der Waals surface area contributed by atoms with Crippen molar-refractivity contribution in [2.75, 3.05) is 0 Å². The monoisotopic (exact) mass is 444 g/mol. The predicted octanol–water partition coefficient (Wildman–Crippen LogP) is -18.0. The Morgan fingerprint density at radius 1 is 0.375 bits per heavy atom. The molecule has 0 aromatic heterocycles. The average molecular weight is 448 g/mol. The molecule has 0 amide bonds. The van der Waals surface area contributed by atoms with Gasteiger partial charge in [0, 0.05) is 37.1 Å². The third-order valence-corrected chi connectivity index (χ3v) is 0. The molecule has 8 heavy (non-hydrogen) atoms. The molecule has 0 aliphatic heterocycles. The van der Waals surface area contributed by atoms with Gasteiger partial charge in [-0.05, 0) is 0 Å². The van der Waals surface area contributed by atoms with Gasteiger partial charge in [-0.3, -0.25) is 0 Å². The Morgan fingerprint density at radius 2 is 0.375 bits per heavy atom. The van der Waals surface area contributed by atoms with E-state index >= 15 is 0 Å². The zero-order valence-electron chi connectivity index (χ0n) is 3.16. The van der Waals surface area contributed by atoms with Crippen LogP contribution in [0.4, 0.5) is 0 Å². The summed E-state index contributed by atoms with van der Waals surface area (Å²) in [4.78, 5) is 0. The van der Waals surface area contributed by atoms with Gasteiger partial charge < -0.3 is 88.2 Å². The summed E-state index contributed by atoms with van der Waals surface area (Å²) in [6, 6.07) is 0. The second-order valence-electron chi connectivity index (χ2n) is 0. The summed E-state index contributed by atoms with van der Waals surface area (Å²) >= 11 is 0. The molecule has 0 aliphatic carbocycles. The molecule has 0 aliphatic rings. The summed E-state index contributed by atoms with van der Waals surface area (Å²) in [6.07, 6.45) is 0. The van der Waals surface area contributed by atoms with Crippen LogP contribution in [0.25, 0.3) is 0 Å². The van der Waals surface area contributed by atoms with Crippen molar-refractivity contribution in [3.05, 3.63) is 0 Å². The van der Waals surface area contributed by atoms with Gasteiger partial charge in [0.1, 0.15) is 0 Å². The van der Waals surface area contributed by atoms with Gasteiger partial charge >= 0.3 is 0 Å². The largest absolute Gasteiger partial charge is 1.00 e. The first kappa shape index (κ1) is 104. The minimum Gasteiger partial charge on any atom is -1.00 e. The topological polar surface area (TPSA) is 0 Å². The van der Waals surface area contributed by atoms with E-state index in [1.165, 1.54) is 0 Å². The van der Waals surface area contributed by atoms with Crippen molar-refractivity contribution >= 4 is 0 Å². The summed E-state index contributed by atoms with van der Waals surface area (Å²) in [5, 5.41) is 0. The molecule has 0 saturated heterocycles. The van der Waals surface area contributed by atoms with E-state index in [2.05, 4.69) is 0 Å². The Hall–Kier alpha value is 3.48.